The van der Waals surface area contributed by atoms with Crippen LogP contribution in [0.4, 0.5) is 0 Å². The molecule has 0 fully saturated rings. The van der Waals surface area contributed by atoms with Gasteiger partial charge in [0, 0.05) is 10.0 Å². The van der Waals surface area contributed by atoms with Gasteiger partial charge in [0.25, 0.3) is 0 Å². The molecule has 0 nitrogen and oxygen atoms in total. The second-order valence-corrected chi connectivity index (χ2v) is 3.64. The van der Waals surface area contributed by atoms with E-state index in [1.807, 2.05) is 19.1 Å². The summed E-state index contributed by atoms with van der Waals surface area (Å²) in [5, 5.41) is 0.735. The van der Waals surface area contributed by atoms with Crippen molar-refractivity contribution in [1.82, 2.24) is 0 Å². The van der Waals surface area contributed by atoms with Crippen molar-refractivity contribution in [3.05, 3.63) is 32.8 Å². The summed E-state index contributed by atoms with van der Waals surface area (Å²) in [6.45, 7) is 3.76. The molecule has 0 amide bonds. The minimum Gasteiger partial charge on any atom is -0.101 e. The highest BCUT2D eigenvalue weighted by Gasteiger charge is 2.03. The largest absolute Gasteiger partial charge is 0.101 e. The zero-order valence-electron chi connectivity index (χ0n) is 6.91. The van der Waals surface area contributed by atoms with Crippen molar-refractivity contribution >= 4 is 27.5 Å². The molecule has 12 heavy (non-hydrogen) atoms. The fourth-order valence-corrected chi connectivity index (χ4v) is 1.55. The molecular formula is C10H8BrCl. The molecule has 0 atom stereocenters. The molecule has 0 aliphatic carbocycles. The van der Waals surface area contributed by atoms with Gasteiger partial charge in [0.05, 0.1) is 5.02 Å². The second-order valence-electron chi connectivity index (χ2n) is 2.41. The molecule has 0 aliphatic heterocycles. The van der Waals surface area contributed by atoms with Crippen LogP contribution in [0.3, 0.4) is 0 Å². The lowest BCUT2D eigenvalue weighted by Gasteiger charge is -2.02. The van der Waals surface area contributed by atoms with Gasteiger partial charge in [-0.15, -0.1) is 5.92 Å². The minimum atomic E-state index is 0.735. The van der Waals surface area contributed by atoms with Crippen LogP contribution in [0.1, 0.15) is 18.1 Å². The van der Waals surface area contributed by atoms with Crippen molar-refractivity contribution < 1.29 is 0 Å². The molecule has 0 bridgehead atoms. The summed E-state index contributed by atoms with van der Waals surface area (Å²) in [5.74, 6) is 5.76. The van der Waals surface area contributed by atoms with Crippen molar-refractivity contribution in [3.8, 4) is 11.8 Å². The standard InChI is InChI=1S/C10H8BrCl/c1-3-4-8-5-6-9(11)7(2)10(8)12/h5-6H,1-2H3. The third-order valence-electron chi connectivity index (χ3n) is 1.58. The maximum atomic E-state index is 6.04. The van der Waals surface area contributed by atoms with Crippen molar-refractivity contribution in [2.75, 3.05) is 0 Å². The van der Waals surface area contributed by atoms with E-state index in [1.165, 1.54) is 0 Å². The summed E-state index contributed by atoms with van der Waals surface area (Å²) in [6, 6.07) is 3.87. The number of hydrogen-bond acceptors (Lipinski definition) is 0. The van der Waals surface area contributed by atoms with Crippen LogP contribution in [0.5, 0.6) is 0 Å². The van der Waals surface area contributed by atoms with E-state index in [0.717, 1.165) is 20.6 Å². The van der Waals surface area contributed by atoms with Gasteiger partial charge < -0.3 is 0 Å². The first-order chi connectivity index (χ1) is 5.66. The third-order valence-corrected chi connectivity index (χ3v) is 2.93. The Bertz CT molecular complexity index is 358. The Morgan fingerprint density at radius 3 is 2.67 bits per heavy atom. The highest BCUT2D eigenvalue weighted by atomic mass is 79.9. The first-order valence-corrected chi connectivity index (χ1v) is 4.71. The first-order valence-electron chi connectivity index (χ1n) is 3.54. The summed E-state index contributed by atoms with van der Waals surface area (Å²) >= 11 is 9.44. The van der Waals surface area contributed by atoms with Crippen molar-refractivity contribution in [2.24, 2.45) is 0 Å². The van der Waals surface area contributed by atoms with Crippen LogP contribution in [0.2, 0.25) is 5.02 Å². The lowest BCUT2D eigenvalue weighted by molar-refractivity contribution is 1.41. The van der Waals surface area contributed by atoms with E-state index in [1.54, 1.807) is 6.92 Å². The fraction of sp³-hybridized carbons (Fsp3) is 0.200. The molecule has 62 valence electrons. The SMILES string of the molecule is CC#Cc1ccc(Br)c(C)c1Cl. The molecule has 1 aromatic rings. The average molecular weight is 244 g/mol. The number of halogens is 2. The third kappa shape index (κ3) is 1.83. The molecule has 0 saturated carbocycles. The second kappa shape index (κ2) is 3.98. The highest BCUT2D eigenvalue weighted by Crippen LogP contribution is 2.26. The summed E-state index contributed by atoms with van der Waals surface area (Å²) in [5.41, 5.74) is 1.93. The van der Waals surface area contributed by atoms with Gasteiger partial charge in [0.1, 0.15) is 0 Å². The van der Waals surface area contributed by atoms with E-state index in [9.17, 15) is 0 Å². The summed E-state index contributed by atoms with van der Waals surface area (Å²) in [4.78, 5) is 0. The smallest absolute Gasteiger partial charge is 0.0602 e. The van der Waals surface area contributed by atoms with Gasteiger partial charge in [-0.05, 0) is 31.5 Å². The number of rotatable bonds is 0. The van der Waals surface area contributed by atoms with Gasteiger partial charge >= 0.3 is 0 Å². The molecule has 0 N–H and O–H groups in total. The molecule has 0 radical (unpaired) electrons. The van der Waals surface area contributed by atoms with Crippen LogP contribution in [0.15, 0.2) is 16.6 Å². The van der Waals surface area contributed by atoms with Crippen molar-refractivity contribution in [3.63, 3.8) is 0 Å². The molecule has 2 heteroatoms. The van der Waals surface area contributed by atoms with Crippen molar-refractivity contribution in [1.29, 1.82) is 0 Å². The summed E-state index contributed by atoms with van der Waals surface area (Å²) < 4.78 is 1.02. The molecular weight excluding hydrogens is 235 g/mol. The fourth-order valence-electron chi connectivity index (χ4n) is 0.893. The first kappa shape index (κ1) is 9.64. The van der Waals surface area contributed by atoms with Gasteiger partial charge in [-0.2, -0.15) is 0 Å². The Labute approximate surface area is 86.1 Å². The van der Waals surface area contributed by atoms with Crippen LogP contribution < -0.4 is 0 Å². The lowest BCUT2D eigenvalue weighted by atomic mass is 10.1. The zero-order valence-corrected chi connectivity index (χ0v) is 9.25. The molecule has 0 aliphatic rings. The van der Waals surface area contributed by atoms with E-state index < -0.39 is 0 Å². The molecule has 0 unspecified atom stereocenters. The molecule has 1 aromatic carbocycles. The van der Waals surface area contributed by atoms with Crippen LogP contribution in [-0.4, -0.2) is 0 Å². The Morgan fingerprint density at radius 2 is 2.08 bits per heavy atom. The quantitative estimate of drug-likeness (QED) is 0.608. The molecule has 0 spiro atoms. The lowest BCUT2D eigenvalue weighted by Crippen LogP contribution is -1.83. The van der Waals surface area contributed by atoms with E-state index in [-0.39, 0.29) is 0 Å². The molecule has 0 saturated heterocycles. The Hall–Kier alpha value is -0.450. The van der Waals surface area contributed by atoms with Gasteiger partial charge in [0.2, 0.25) is 0 Å². The van der Waals surface area contributed by atoms with E-state index in [2.05, 4.69) is 27.8 Å². The van der Waals surface area contributed by atoms with Gasteiger partial charge in [0.15, 0.2) is 0 Å². The number of benzene rings is 1. The highest BCUT2D eigenvalue weighted by molar-refractivity contribution is 9.10. The maximum absolute atomic E-state index is 6.04. The van der Waals surface area contributed by atoms with Crippen LogP contribution >= 0.6 is 27.5 Å². The predicted molar refractivity (Wildman–Crippen MR) is 56.4 cm³/mol. The van der Waals surface area contributed by atoms with Crippen LogP contribution in [0.25, 0.3) is 0 Å². The normalized spacial score (nSPS) is 9.00. The monoisotopic (exact) mass is 242 g/mol. The van der Waals surface area contributed by atoms with E-state index in [4.69, 9.17) is 11.6 Å². The van der Waals surface area contributed by atoms with Gasteiger partial charge in [-0.1, -0.05) is 33.5 Å². The van der Waals surface area contributed by atoms with Crippen LogP contribution in [-0.2, 0) is 0 Å². The van der Waals surface area contributed by atoms with Gasteiger partial charge in [-0.25, -0.2) is 0 Å². The molecule has 0 aromatic heterocycles. The predicted octanol–water partition coefficient (Wildman–Crippen LogP) is 3.78. The Balaban J connectivity index is 3.33. The summed E-state index contributed by atoms with van der Waals surface area (Å²) in [6.07, 6.45) is 0. The van der Waals surface area contributed by atoms with E-state index >= 15 is 0 Å². The average Bonchev–Trinajstić information content (AvgIpc) is 2.07. The molecule has 1 rings (SSSR count). The van der Waals surface area contributed by atoms with Gasteiger partial charge in [-0.3, -0.25) is 0 Å². The maximum Gasteiger partial charge on any atom is 0.0602 e. The van der Waals surface area contributed by atoms with Crippen LogP contribution in [0, 0.1) is 18.8 Å². The topological polar surface area (TPSA) is 0 Å². The summed E-state index contributed by atoms with van der Waals surface area (Å²) in [7, 11) is 0. The number of hydrogen-bond donors (Lipinski definition) is 0. The Kier molecular flexibility index (Phi) is 3.20. The zero-order chi connectivity index (χ0) is 9.14. The molecule has 0 heterocycles. The van der Waals surface area contributed by atoms with E-state index in [0.29, 0.717) is 0 Å². The Morgan fingerprint density at radius 1 is 1.42 bits per heavy atom. The minimum absolute atomic E-state index is 0.735. The van der Waals surface area contributed by atoms with Crippen molar-refractivity contribution in [2.45, 2.75) is 13.8 Å².